The van der Waals surface area contributed by atoms with Crippen LogP contribution >= 0.6 is 30.7 Å². The maximum atomic E-state index is 16.4. The molecule has 2 aromatic carbocycles. The summed E-state index contributed by atoms with van der Waals surface area (Å²) in [6.07, 6.45) is 7.25. The van der Waals surface area contributed by atoms with E-state index in [0.29, 0.717) is 49.8 Å². The van der Waals surface area contributed by atoms with Crippen molar-refractivity contribution in [3.63, 3.8) is 0 Å². The fraction of sp³-hybridized carbons (Fsp3) is 0.442. The smallest absolute Gasteiger partial charge is 0.419 e. The number of alkyl halides is 2. The minimum atomic E-state index is -5.28. The van der Waals surface area contributed by atoms with Gasteiger partial charge in [0.1, 0.15) is 17.8 Å². The van der Waals surface area contributed by atoms with E-state index in [9.17, 15) is 29.0 Å². The van der Waals surface area contributed by atoms with Gasteiger partial charge in [0, 0.05) is 53.7 Å². The van der Waals surface area contributed by atoms with E-state index in [1.165, 1.54) is 30.5 Å². The Morgan fingerprint density at radius 3 is 2.60 bits per heavy atom. The molecule has 17 heteroatoms. The number of thioether (sulfide) groups is 1. The van der Waals surface area contributed by atoms with Gasteiger partial charge in [0.2, 0.25) is 11.8 Å². The lowest BCUT2D eigenvalue weighted by molar-refractivity contribution is -0.146. The third kappa shape index (κ3) is 9.29. The molecule has 3 fully saturated rings. The number of nitrogens with one attached hydrogen (secondary N) is 1. The molecule has 0 saturated carbocycles. The van der Waals surface area contributed by atoms with Crippen molar-refractivity contribution in [3.05, 3.63) is 95.1 Å². The van der Waals surface area contributed by atoms with Gasteiger partial charge >= 0.3 is 13.3 Å². The van der Waals surface area contributed by atoms with Gasteiger partial charge in [-0.1, -0.05) is 67.9 Å². The summed E-state index contributed by atoms with van der Waals surface area (Å²) in [5.41, 5.74) is -3.83. The number of hydrogen-bond acceptors (Lipinski definition) is 11. The van der Waals surface area contributed by atoms with Crippen LogP contribution in [0.4, 0.5) is 8.78 Å². The predicted octanol–water partition coefficient (Wildman–Crippen LogP) is 8.49. The second-order valence-electron chi connectivity index (χ2n) is 15.3. The Kier molecular flexibility index (Phi) is 13.7. The predicted molar refractivity (Wildman–Crippen MR) is 225 cm³/mol. The molecule has 4 aromatic rings. The number of fused-ring (bicyclic) bond motifs is 2. The van der Waals surface area contributed by atoms with E-state index in [1.807, 2.05) is 37.3 Å². The minimum absolute atomic E-state index is 0.00734. The Morgan fingerprint density at radius 2 is 1.85 bits per heavy atom. The second kappa shape index (κ2) is 18.9. The van der Waals surface area contributed by atoms with E-state index in [-0.39, 0.29) is 63.1 Å². The van der Waals surface area contributed by atoms with E-state index < -0.39 is 43.4 Å². The highest BCUT2D eigenvalue weighted by Gasteiger charge is 2.57. The third-order valence-corrected chi connectivity index (χ3v) is 15.2. The average Bonchev–Trinajstić information content (AvgIpc) is 4.00. The molecule has 316 valence electrons. The van der Waals surface area contributed by atoms with Crippen molar-refractivity contribution in [2.45, 2.75) is 88.0 Å². The van der Waals surface area contributed by atoms with E-state index in [0.717, 1.165) is 59.8 Å². The molecule has 2 unspecified atom stereocenters. The summed E-state index contributed by atoms with van der Waals surface area (Å²) in [5.74, 6) is -1.78. The molecule has 0 spiro atoms. The summed E-state index contributed by atoms with van der Waals surface area (Å²) >= 11 is 1.96. The summed E-state index contributed by atoms with van der Waals surface area (Å²) in [6, 6.07) is 18.1. The van der Waals surface area contributed by atoms with Crippen LogP contribution in [0.2, 0.25) is 0 Å². The Labute approximate surface area is 355 Å². The van der Waals surface area contributed by atoms with Gasteiger partial charge in [-0.3, -0.25) is 28.7 Å². The highest BCUT2D eigenvalue weighted by atomic mass is 32.2. The van der Waals surface area contributed by atoms with Crippen LogP contribution in [-0.4, -0.2) is 81.2 Å². The second-order valence-corrected chi connectivity index (χ2v) is 19.5. The first-order valence-corrected chi connectivity index (χ1v) is 23.5. The van der Waals surface area contributed by atoms with Crippen LogP contribution in [0.1, 0.15) is 85.0 Å². The molecule has 5 heterocycles. The monoisotopic (exact) mass is 877 g/mol. The molecular weight excluding hydrogens is 832 g/mol. The number of amides is 3. The number of halogens is 2. The number of aromatic nitrogens is 1. The summed E-state index contributed by atoms with van der Waals surface area (Å²) in [7, 11) is -5.28. The number of nitriles is 1. The van der Waals surface area contributed by atoms with Crippen LogP contribution < -0.4 is 9.84 Å². The molecule has 3 saturated heterocycles. The van der Waals surface area contributed by atoms with Crippen molar-refractivity contribution in [1.29, 1.82) is 5.26 Å². The van der Waals surface area contributed by atoms with Crippen LogP contribution in [0.25, 0.3) is 10.1 Å². The highest BCUT2D eigenvalue weighted by molar-refractivity contribution is 8.13. The van der Waals surface area contributed by atoms with Crippen molar-refractivity contribution >= 4 is 63.6 Å². The van der Waals surface area contributed by atoms with Crippen LogP contribution in [0.5, 0.6) is 5.75 Å². The molecule has 0 radical (unpaired) electrons. The number of carbonyl (C=O) groups excluding carboxylic acids is 4. The molecule has 2 aromatic heterocycles. The van der Waals surface area contributed by atoms with Gasteiger partial charge < -0.3 is 19.6 Å². The lowest BCUT2D eigenvalue weighted by atomic mass is 9.90. The maximum Gasteiger partial charge on any atom is 0.453 e. The number of carbonyl (C=O) groups is 4. The summed E-state index contributed by atoms with van der Waals surface area (Å²) in [6.45, 7) is 2.06. The van der Waals surface area contributed by atoms with Crippen LogP contribution in [0.15, 0.2) is 79.1 Å². The first kappa shape index (κ1) is 43.4. The lowest BCUT2D eigenvalue weighted by Crippen LogP contribution is -2.56. The number of pyridine rings is 1. The van der Waals surface area contributed by atoms with E-state index >= 15 is 8.78 Å². The number of nitrogens with zero attached hydrogens (tertiary/aromatic N) is 4. The van der Waals surface area contributed by atoms with Crippen LogP contribution in [0, 0.1) is 17.2 Å². The number of benzene rings is 2. The molecule has 0 bridgehead atoms. The zero-order valence-electron chi connectivity index (χ0n) is 33.0. The molecule has 7 rings (SSSR count). The fourth-order valence-electron chi connectivity index (χ4n) is 8.30. The molecule has 6 atom stereocenters. The SMILES string of the molecule is CCCC(=O)SCCOP(=O)(Oc1cccnc1)C(F)(F)c1ccc2sc(C(=O)NC3CCCC[C@H]4CC[C@@H](C(=O)N5C[C@@H](C#N)[C@H](c6ccccc6)C5)N4C3=O)cc2c1. The number of rotatable bonds is 14. The molecule has 1 N–H and O–H groups in total. The molecule has 12 nitrogen and oxygen atoms in total. The highest BCUT2D eigenvalue weighted by Crippen LogP contribution is 2.66. The van der Waals surface area contributed by atoms with Gasteiger partial charge in [-0.25, -0.2) is 4.57 Å². The van der Waals surface area contributed by atoms with Crippen LogP contribution in [-0.2, 0) is 29.1 Å². The first-order valence-electron chi connectivity index (χ1n) is 20.2. The zero-order valence-corrected chi connectivity index (χ0v) is 35.6. The van der Waals surface area contributed by atoms with Gasteiger partial charge in [0.05, 0.1) is 29.7 Å². The van der Waals surface area contributed by atoms with E-state index in [4.69, 9.17) is 9.05 Å². The Morgan fingerprint density at radius 1 is 1.05 bits per heavy atom. The minimum Gasteiger partial charge on any atom is -0.419 e. The van der Waals surface area contributed by atoms with Crippen molar-refractivity contribution < 1.29 is 41.6 Å². The van der Waals surface area contributed by atoms with Gasteiger partial charge in [-0.2, -0.15) is 14.0 Å². The molecule has 60 heavy (non-hydrogen) atoms. The number of hydrogen-bond donors (Lipinski definition) is 1. The molecule has 3 aliphatic rings. The molecule has 0 aliphatic carbocycles. The Bertz CT molecular complexity index is 2290. The third-order valence-electron chi connectivity index (χ3n) is 11.3. The topological polar surface area (TPSA) is 159 Å². The fourth-order valence-corrected chi connectivity index (χ4v) is 11.6. The van der Waals surface area contributed by atoms with Gasteiger partial charge in [-0.05, 0) is 73.4 Å². The van der Waals surface area contributed by atoms with Crippen molar-refractivity contribution in [2.75, 3.05) is 25.4 Å². The first-order chi connectivity index (χ1) is 28.9. The van der Waals surface area contributed by atoms with Gasteiger partial charge in [0.25, 0.3) is 5.91 Å². The zero-order chi connectivity index (χ0) is 42.4. The van der Waals surface area contributed by atoms with E-state index in [2.05, 4.69) is 16.4 Å². The normalized spacial score (nSPS) is 23.0. The largest absolute Gasteiger partial charge is 0.453 e. The Hall–Kier alpha value is -4.68. The molecule has 3 aliphatic heterocycles. The summed E-state index contributed by atoms with van der Waals surface area (Å²) in [5, 5.41) is 13.0. The van der Waals surface area contributed by atoms with E-state index in [1.54, 1.807) is 9.80 Å². The lowest BCUT2D eigenvalue weighted by Gasteiger charge is -2.36. The maximum absolute atomic E-state index is 16.4. The van der Waals surface area contributed by atoms with Crippen molar-refractivity contribution in [2.24, 2.45) is 5.92 Å². The number of likely N-dealkylation sites (tertiary alicyclic amines) is 1. The standard InChI is InChI=1S/C43H46F2N5O7PS2/c1-2-9-39(51)59-21-20-56-58(55,57-33-13-8-19-47-25-33)43(44,45)31-15-18-37-29(22-31)23-38(60-37)40(52)48-35-14-7-6-12-32-16-17-36(50(32)41(35)53)42(54)49-26-30(24-46)34(27-49)28-10-4-3-5-11-28/h3-5,8,10-11,13,15,18-19,22-23,25,30,32,34-36H,2,6-7,9,12,14,16-17,20-21,26-27H2,1H3,(H,48,52)/t30-,32+,34+,35?,36+,58?/m1/s1. The quantitative estimate of drug-likeness (QED) is 0.0962. The van der Waals surface area contributed by atoms with Crippen molar-refractivity contribution in [1.82, 2.24) is 20.1 Å². The molecular formula is C43H46F2N5O7PS2. The van der Waals surface area contributed by atoms with Gasteiger partial charge in [0.15, 0.2) is 5.12 Å². The van der Waals surface area contributed by atoms with Gasteiger partial charge in [-0.15, -0.1) is 11.3 Å². The van der Waals surface area contributed by atoms with Crippen LogP contribution in [0.3, 0.4) is 0 Å². The summed E-state index contributed by atoms with van der Waals surface area (Å²) in [4.78, 5) is 61.7. The Balaban J connectivity index is 1.06. The summed E-state index contributed by atoms with van der Waals surface area (Å²) < 4.78 is 57.9. The number of thiophene rings is 1. The van der Waals surface area contributed by atoms with Crippen molar-refractivity contribution in [3.8, 4) is 11.8 Å². The average molecular weight is 878 g/mol. The molecule has 3 amide bonds.